The molecule has 33 heavy (non-hydrogen) atoms. The first-order valence-corrected chi connectivity index (χ1v) is 14.2. The fourth-order valence-corrected chi connectivity index (χ4v) is 7.27. The van der Waals surface area contributed by atoms with Crippen molar-refractivity contribution in [1.29, 1.82) is 0 Å². The number of thiophene rings is 1. The number of morpholine rings is 1. The number of nitrogens with one attached hydrogen (secondary N) is 1. The molecule has 2 heterocycles. The number of methoxy groups -OCH3 is 1. The zero-order chi connectivity index (χ0) is 23.6. The van der Waals surface area contributed by atoms with Gasteiger partial charge in [-0.15, -0.1) is 23.1 Å². The summed E-state index contributed by atoms with van der Waals surface area (Å²) >= 11 is 2.67. The van der Waals surface area contributed by atoms with Gasteiger partial charge in [-0.05, 0) is 55.7 Å². The summed E-state index contributed by atoms with van der Waals surface area (Å²) in [7, 11) is -2.75. The molecule has 1 aliphatic heterocycles. The number of aryl methyl sites for hydroxylation is 1. The fourth-order valence-electron chi connectivity index (χ4n) is 4.09. The Morgan fingerprint density at radius 1 is 1.18 bits per heavy atom. The highest BCUT2D eigenvalue weighted by molar-refractivity contribution is 7.98. The molecule has 0 atom stereocenters. The van der Waals surface area contributed by atoms with Crippen LogP contribution in [0.15, 0.2) is 28.0 Å². The lowest BCUT2D eigenvalue weighted by molar-refractivity contribution is 0.0300. The van der Waals surface area contributed by atoms with E-state index in [-0.39, 0.29) is 15.8 Å². The number of rotatable bonds is 6. The van der Waals surface area contributed by atoms with Gasteiger partial charge < -0.3 is 14.4 Å². The van der Waals surface area contributed by atoms with Crippen LogP contribution in [0.3, 0.4) is 0 Å². The van der Waals surface area contributed by atoms with Crippen LogP contribution in [0.2, 0.25) is 0 Å². The van der Waals surface area contributed by atoms with Crippen molar-refractivity contribution in [1.82, 2.24) is 4.90 Å². The third-order valence-corrected chi connectivity index (χ3v) is 9.28. The summed E-state index contributed by atoms with van der Waals surface area (Å²) < 4.78 is 39.5. The third kappa shape index (κ3) is 4.91. The molecule has 1 fully saturated rings. The van der Waals surface area contributed by atoms with E-state index in [0.717, 1.165) is 36.1 Å². The zero-order valence-electron chi connectivity index (χ0n) is 18.5. The molecule has 11 heteroatoms. The van der Waals surface area contributed by atoms with Crippen molar-refractivity contribution >= 4 is 50.0 Å². The van der Waals surface area contributed by atoms with Crippen molar-refractivity contribution in [3.05, 3.63) is 39.8 Å². The molecule has 1 aromatic carbocycles. The molecule has 4 rings (SSSR count). The smallest absolute Gasteiger partial charge is 0.341 e. The standard InChI is InChI=1S/C22H26N2O6S3/c1-29-22(26)19-15-5-3-4-6-18(15)32-20(19)23-33(27,28)14-7-8-17(31-2)16(13-14)21(25)24-9-11-30-12-10-24/h7-8,13,23H,3-6,9-12H2,1-2H3. The molecule has 1 amide bonds. The SMILES string of the molecule is COC(=O)c1c(NS(=O)(=O)c2ccc(SC)c(C(=O)N3CCOCC3)c2)sc2c1CCCC2. The van der Waals surface area contributed by atoms with Gasteiger partial charge in [0.25, 0.3) is 15.9 Å². The first kappa shape index (κ1) is 24.1. The fraction of sp³-hybridized carbons (Fsp3) is 0.455. The second-order valence-electron chi connectivity index (χ2n) is 7.78. The van der Waals surface area contributed by atoms with Gasteiger partial charge in [0.1, 0.15) is 5.00 Å². The quantitative estimate of drug-likeness (QED) is 0.469. The molecule has 0 bridgehead atoms. The van der Waals surface area contributed by atoms with Crippen LogP contribution in [0.25, 0.3) is 0 Å². The maximum Gasteiger partial charge on any atom is 0.341 e. The minimum absolute atomic E-state index is 0.0286. The van der Waals surface area contributed by atoms with Crippen LogP contribution < -0.4 is 4.72 Å². The van der Waals surface area contributed by atoms with Crippen molar-refractivity contribution in [3.8, 4) is 0 Å². The molecule has 1 aromatic heterocycles. The number of anilines is 1. The highest BCUT2D eigenvalue weighted by Gasteiger charge is 2.30. The van der Waals surface area contributed by atoms with Gasteiger partial charge >= 0.3 is 5.97 Å². The van der Waals surface area contributed by atoms with Crippen LogP contribution in [0.4, 0.5) is 5.00 Å². The predicted molar refractivity (Wildman–Crippen MR) is 128 cm³/mol. The number of thioether (sulfide) groups is 1. The van der Waals surface area contributed by atoms with E-state index in [9.17, 15) is 18.0 Å². The van der Waals surface area contributed by atoms with Gasteiger partial charge in [0.05, 0.1) is 36.3 Å². The van der Waals surface area contributed by atoms with Crippen LogP contribution in [0.1, 0.15) is 44.0 Å². The number of esters is 1. The molecule has 1 N–H and O–H groups in total. The largest absolute Gasteiger partial charge is 0.465 e. The molecule has 178 valence electrons. The Labute approximate surface area is 201 Å². The highest BCUT2D eigenvalue weighted by atomic mass is 32.2. The molecule has 0 radical (unpaired) electrons. The second-order valence-corrected chi connectivity index (χ2v) is 11.4. The molecule has 2 aliphatic rings. The monoisotopic (exact) mass is 510 g/mol. The van der Waals surface area contributed by atoms with Gasteiger partial charge in [0.2, 0.25) is 0 Å². The average molecular weight is 511 g/mol. The lowest BCUT2D eigenvalue weighted by atomic mass is 9.95. The van der Waals surface area contributed by atoms with Crippen molar-refractivity contribution in [2.75, 3.05) is 44.4 Å². The number of ether oxygens (including phenoxy) is 2. The maximum absolute atomic E-state index is 13.3. The first-order valence-electron chi connectivity index (χ1n) is 10.7. The van der Waals surface area contributed by atoms with Gasteiger partial charge in [-0.2, -0.15) is 0 Å². The summed E-state index contributed by atoms with van der Waals surface area (Å²) in [5.41, 5.74) is 1.51. The van der Waals surface area contributed by atoms with E-state index >= 15 is 0 Å². The van der Waals surface area contributed by atoms with Crippen molar-refractivity contribution < 1.29 is 27.5 Å². The van der Waals surface area contributed by atoms with Gasteiger partial charge in [-0.1, -0.05) is 0 Å². The molecule has 1 aliphatic carbocycles. The van der Waals surface area contributed by atoms with E-state index in [1.807, 2.05) is 6.26 Å². The molecule has 0 spiro atoms. The molecular weight excluding hydrogens is 484 g/mol. The van der Waals surface area contributed by atoms with Gasteiger partial charge in [0, 0.05) is 22.9 Å². The molecule has 8 nitrogen and oxygen atoms in total. The Hall–Kier alpha value is -2.08. The summed E-state index contributed by atoms with van der Waals surface area (Å²) in [6.45, 7) is 1.84. The van der Waals surface area contributed by atoms with Gasteiger partial charge in [-0.3, -0.25) is 9.52 Å². The number of amides is 1. The van der Waals surface area contributed by atoms with Crippen LogP contribution in [-0.4, -0.2) is 64.9 Å². The Morgan fingerprint density at radius 3 is 2.61 bits per heavy atom. The van der Waals surface area contributed by atoms with Gasteiger partial charge in [-0.25, -0.2) is 13.2 Å². The van der Waals surface area contributed by atoms with Crippen molar-refractivity contribution in [2.24, 2.45) is 0 Å². The number of sulfonamides is 1. The normalized spacial score (nSPS) is 16.2. The van der Waals surface area contributed by atoms with Crippen molar-refractivity contribution in [3.63, 3.8) is 0 Å². The molecule has 2 aromatic rings. The van der Waals surface area contributed by atoms with Crippen LogP contribution in [0, 0.1) is 0 Å². The summed E-state index contributed by atoms with van der Waals surface area (Å²) in [4.78, 5) is 29.0. The van der Waals surface area contributed by atoms with Crippen LogP contribution in [0.5, 0.6) is 0 Å². The number of carbonyl (C=O) groups excluding carboxylic acids is 2. The van der Waals surface area contributed by atoms with Crippen LogP contribution in [-0.2, 0) is 32.3 Å². The minimum atomic E-state index is -4.04. The summed E-state index contributed by atoms with van der Waals surface area (Å²) in [6.07, 6.45) is 5.33. The summed E-state index contributed by atoms with van der Waals surface area (Å²) in [5, 5.41) is 0.267. The number of carbonyl (C=O) groups is 2. The Balaban J connectivity index is 1.69. The first-order chi connectivity index (χ1) is 15.9. The second kappa shape index (κ2) is 10.0. The van der Waals surface area contributed by atoms with E-state index in [1.54, 1.807) is 11.0 Å². The number of nitrogens with zero attached hydrogens (tertiary/aromatic N) is 1. The lowest BCUT2D eigenvalue weighted by Gasteiger charge is -2.27. The molecular formula is C22H26N2O6S3. The number of hydrogen-bond donors (Lipinski definition) is 1. The van der Waals surface area contributed by atoms with Crippen LogP contribution >= 0.6 is 23.1 Å². The maximum atomic E-state index is 13.3. The number of fused-ring (bicyclic) bond motifs is 1. The zero-order valence-corrected chi connectivity index (χ0v) is 21.0. The van der Waals surface area contributed by atoms with E-state index in [4.69, 9.17) is 9.47 Å². The summed E-state index contributed by atoms with van der Waals surface area (Å²) in [6, 6.07) is 4.54. The predicted octanol–water partition coefficient (Wildman–Crippen LogP) is 3.41. The summed E-state index contributed by atoms with van der Waals surface area (Å²) in [5.74, 6) is -0.769. The van der Waals surface area contributed by atoms with Gasteiger partial charge in [0.15, 0.2) is 0 Å². The lowest BCUT2D eigenvalue weighted by Crippen LogP contribution is -2.41. The Kier molecular flexibility index (Phi) is 7.32. The minimum Gasteiger partial charge on any atom is -0.465 e. The Morgan fingerprint density at radius 2 is 1.91 bits per heavy atom. The average Bonchev–Trinajstić information content (AvgIpc) is 3.20. The molecule has 0 saturated carbocycles. The third-order valence-electron chi connectivity index (χ3n) is 5.80. The van der Waals surface area contributed by atoms with E-state index in [1.165, 1.54) is 42.3 Å². The molecule has 0 unspecified atom stereocenters. The topological polar surface area (TPSA) is 102 Å². The number of hydrogen-bond acceptors (Lipinski definition) is 8. The number of benzene rings is 1. The van der Waals surface area contributed by atoms with E-state index in [0.29, 0.717) is 42.3 Å². The highest BCUT2D eigenvalue weighted by Crippen LogP contribution is 2.39. The van der Waals surface area contributed by atoms with E-state index in [2.05, 4.69) is 4.72 Å². The van der Waals surface area contributed by atoms with E-state index < -0.39 is 16.0 Å². The van der Waals surface area contributed by atoms with Crippen molar-refractivity contribution in [2.45, 2.75) is 35.5 Å². The molecule has 1 saturated heterocycles. The Bertz CT molecular complexity index is 1170.